The Kier molecular flexibility index (Phi) is 25.8. The molecule has 1 atom stereocenters. The van der Waals surface area contributed by atoms with Gasteiger partial charge in [-0.1, -0.05) is 180 Å². The summed E-state index contributed by atoms with van der Waals surface area (Å²) in [6, 6.07) is 55.6. The number of rotatable bonds is 16. The first kappa shape index (κ1) is 62.8. The van der Waals surface area contributed by atoms with Crippen molar-refractivity contribution in [1.82, 2.24) is 10.2 Å². The van der Waals surface area contributed by atoms with Crippen LogP contribution in [0.15, 0.2) is 164 Å². The molecule has 13 heteroatoms. The van der Waals surface area contributed by atoms with Crippen molar-refractivity contribution in [2.24, 2.45) is 5.73 Å². The molecule has 1 unspecified atom stereocenters. The third-order valence-corrected chi connectivity index (χ3v) is 10.9. The molecule has 0 radical (unpaired) electrons. The van der Waals surface area contributed by atoms with Gasteiger partial charge in [0.05, 0.1) is 26.7 Å². The summed E-state index contributed by atoms with van der Waals surface area (Å²) >= 11 is 3.44. The van der Waals surface area contributed by atoms with Crippen LogP contribution in [0.4, 0.5) is 0 Å². The Labute approximate surface area is 454 Å². The molecule has 6 aromatic carbocycles. The lowest BCUT2D eigenvalue weighted by Crippen LogP contribution is -2.49. The second-order valence-corrected chi connectivity index (χ2v) is 21.4. The Morgan fingerprint density at radius 2 is 0.853 bits per heavy atom. The molecule has 6 rings (SSSR count). The van der Waals surface area contributed by atoms with E-state index >= 15 is 0 Å². The van der Waals surface area contributed by atoms with Crippen molar-refractivity contribution in [3.63, 3.8) is 0 Å². The fourth-order valence-corrected chi connectivity index (χ4v) is 7.44. The summed E-state index contributed by atoms with van der Waals surface area (Å²) in [4.78, 5) is 48.1. The van der Waals surface area contributed by atoms with Crippen LogP contribution in [0.1, 0.15) is 85.9 Å². The van der Waals surface area contributed by atoms with E-state index in [0.717, 1.165) is 27.6 Å². The first-order chi connectivity index (χ1) is 35.3. The van der Waals surface area contributed by atoms with Crippen LogP contribution in [-0.2, 0) is 56.5 Å². The number of hydrogen-bond acceptors (Lipinski definition) is 12. The van der Waals surface area contributed by atoms with E-state index in [1.807, 2.05) is 99.6 Å². The van der Waals surface area contributed by atoms with Crippen LogP contribution < -0.4 is 11.1 Å². The van der Waals surface area contributed by atoms with E-state index in [2.05, 4.69) is 111 Å². The van der Waals surface area contributed by atoms with Crippen LogP contribution in [0.2, 0.25) is 0 Å². The van der Waals surface area contributed by atoms with Crippen molar-refractivity contribution in [1.29, 1.82) is 0 Å². The van der Waals surface area contributed by atoms with E-state index in [0.29, 0.717) is 13.1 Å². The van der Waals surface area contributed by atoms with E-state index in [-0.39, 0.29) is 38.1 Å². The molecule has 0 amide bonds. The highest BCUT2D eigenvalue weighted by molar-refractivity contribution is 9.08. The Hall–Kier alpha value is -6.48. The summed E-state index contributed by atoms with van der Waals surface area (Å²) in [7, 11) is 1.22. The number of methoxy groups -OCH3 is 1. The quantitative estimate of drug-likeness (QED) is 0.0478. The minimum atomic E-state index is -1.75. The zero-order valence-electron chi connectivity index (χ0n) is 45.7. The maximum Gasteiger partial charge on any atom is 0.338 e. The predicted molar refractivity (Wildman–Crippen MR) is 304 cm³/mol. The van der Waals surface area contributed by atoms with E-state index in [1.165, 1.54) is 41.9 Å². The molecule has 75 heavy (non-hydrogen) atoms. The minimum absolute atomic E-state index is 0.0444. The third-order valence-electron chi connectivity index (χ3n) is 10.3. The Morgan fingerprint density at radius 1 is 0.507 bits per heavy atom. The fraction of sp³-hybridized carbons (Fsp3) is 0.355. The summed E-state index contributed by atoms with van der Waals surface area (Å²) in [5.41, 5.74) is 12.3. The molecule has 0 saturated heterocycles. The van der Waals surface area contributed by atoms with Crippen LogP contribution in [-0.4, -0.2) is 89.6 Å². The highest BCUT2D eigenvalue weighted by atomic mass is 79.9. The Bertz CT molecular complexity index is 2610. The van der Waals surface area contributed by atoms with E-state index in [1.54, 1.807) is 46.4 Å². The summed E-state index contributed by atoms with van der Waals surface area (Å²) in [5.74, 6) is -1.77. The second kappa shape index (κ2) is 30.8. The van der Waals surface area contributed by atoms with Gasteiger partial charge >= 0.3 is 23.9 Å². The van der Waals surface area contributed by atoms with Gasteiger partial charge in [0.25, 0.3) is 0 Å². The van der Waals surface area contributed by atoms with Gasteiger partial charge in [-0.15, -0.1) is 0 Å². The lowest BCUT2D eigenvalue weighted by Gasteiger charge is -2.30. The molecule has 0 bridgehead atoms. The van der Waals surface area contributed by atoms with Crippen molar-refractivity contribution in [2.45, 2.75) is 110 Å². The molecule has 402 valence electrons. The van der Waals surface area contributed by atoms with Gasteiger partial charge in [-0.05, 0) is 119 Å². The molecule has 0 aliphatic rings. The van der Waals surface area contributed by atoms with Gasteiger partial charge in [-0.2, -0.15) is 0 Å². The predicted octanol–water partition coefficient (Wildman–Crippen LogP) is 11.7. The lowest BCUT2D eigenvalue weighted by molar-refractivity contribution is -0.166. The molecular weight excluding hydrogens is 1010 g/mol. The van der Waals surface area contributed by atoms with Gasteiger partial charge < -0.3 is 35.1 Å². The largest absolute Gasteiger partial charge is 0.467 e. The average molecular weight is 1090 g/mol. The molecule has 4 N–H and O–H groups in total. The van der Waals surface area contributed by atoms with Crippen LogP contribution in [0, 0.1) is 0 Å². The molecular formula is C62H78BrN3O9. The number of carbonyl (C=O) groups is 4. The Balaban J connectivity index is 0.000000287. The number of alkyl halides is 1. The number of esters is 4. The van der Waals surface area contributed by atoms with Gasteiger partial charge in [0.1, 0.15) is 16.8 Å². The SMILES string of the molecule is BrCc1ccc(-c2ccccc2)cc1.CC(C)(C)OC(=O)CN.CC(C)(C)OC(=O)CNCc1ccc(-c2ccccc2)cc1.COC(=O)C(C)(O)CN(CC(=O)OC(C)(C)C)Cc1ccc(-c2ccccc2)cc1. The molecule has 6 aromatic rings. The average Bonchev–Trinajstić information content (AvgIpc) is 3.36. The molecule has 0 saturated carbocycles. The lowest BCUT2D eigenvalue weighted by atomic mass is 10.0. The normalized spacial score (nSPS) is 11.9. The maximum absolute atomic E-state index is 12.4. The fourth-order valence-electron chi connectivity index (χ4n) is 7.07. The van der Waals surface area contributed by atoms with Crippen LogP contribution in [0.25, 0.3) is 33.4 Å². The second-order valence-electron chi connectivity index (χ2n) is 20.8. The smallest absolute Gasteiger partial charge is 0.338 e. The number of aliphatic hydroxyl groups is 1. The topological polar surface area (TPSA) is 167 Å². The maximum atomic E-state index is 12.4. The standard InChI is InChI=1S/C24H31NO5.C19H23NO2.C13H11Br.C6H13NO2/c1-23(2,3)30-21(26)16-25(17-24(4,28)22(27)29-5)15-18-11-13-20(14-12-18)19-9-7-6-8-10-19;1-19(2,3)22-18(21)14-20-13-15-9-11-17(12-10-15)16-7-5-4-6-8-16;14-10-11-6-8-13(9-7-11)12-4-2-1-3-5-12;1-6(2,3)9-5(8)4-7/h6-14,28H,15-17H2,1-5H3;4-12,20H,13-14H2,1-3H3;1-9H,10H2;4,7H2,1-3H3. The number of hydrogen-bond donors (Lipinski definition) is 3. The molecule has 0 aliphatic heterocycles. The molecule has 12 nitrogen and oxygen atoms in total. The number of nitrogens with two attached hydrogens (primary N) is 1. The van der Waals surface area contributed by atoms with Crippen molar-refractivity contribution in [3.05, 3.63) is 180 Å². The third kappa shape index (κ3) is 26.0. The molecule has 0 aliphatic carbocycles. The molecule has 0 spiro atoms. The number of nitrogens with one attached hydrogen (secondary N) is 1. The molecule has 0 heterocycles. The summed E-state index contributed by atoms with van der Waals surface area (Å²) in [6.45, 7) is 18.8. The number of carbonyl (C=O) groups excluding carboxylic acids is 4. The van der Waals surface area contributed by atoms with E-state index in [4.69, 9.17) is 19.9 Å². The summed E-state index contributed by atoms with van der Waals surface area (Å²) in [6.07, 6.45) is 0. The number of benzene rings is 6. The molecule has 0 aromatic heterocycles. The van der Waals surface area contributed by atoms with Gasteiger partial charge in [-0.3, -0.25) is 19.3 Å². The first-order valence-electron chi connectivity index (χ1n) is 24.9. The van der Waals surface area contributed by atoms with Crippen LogP contribution in [0.5, 0.6) is 0 Å². The Morgan fingerprint density at radius 3 is 1.20 bits per heavy atom. The van der Waals surface area contributed by atoms with Gasteiger partial charge in [0.2, 0.25) is 0 Å². The van der Waals surface area contributed by atoms with E-state index in [9.17, 15) is 24.3 Å². The number of nitrogens with zero attached hydrogens (tertiary/aromatic N) is 1. The highest BCUT2D eigenvalue weighted by Crippen LogP contribution is 2.23. The van der Waals surface area contributed by atoms with E-state index < -0.39 is 34.3 Å². The first-order valence-corrected chi connectivity index (χ1v) is 26.0. The van der Waals surface area contributed by atoms with Crippen LogP contribution in [0.3, 0.4) is 0 Å². The molecule has 0 fully saturated rings. The zero-order valence-corrected chi connectivity index (χ0v) is 47.2. The van der Waals surface area contributed by atoms with Gasteiger partial charge in [0, 0.05) is 25.0 Å². The minimum Gasteiger partial charge on any atom is -0.467 e. The number of halogens is 1. The van der Waals surface area contributed by atoms with Crippen molar-refractivity contribution < 1.29 is 43.2 Å². The van der Waals surface area contributed by atoms with Crippen LogP contribution >= 0.6 is 15.9 Å². The van der Waals surface area contributed by atoms with Crippen molar-refractivity contribution in [2.75, 3.05) is 33.3 Å². The summed E-state index contributed by atoms with van der Waals surface area (Å²) < 4.78 is 20.2. The number of ether oxygens (including phenoxy) is 4. The van der Waals surface area contributed by atoms with Gasteiger partial charge in [-0.25, -0.2) is 4.79 Å². The summed E-state index contributed by atoms with van der Waals surface area (Å²) in [5, 5.41) is 14.5. The van der Waals surface area contributed by atoms with Crippen molar-refractivity contribution in [3.8, 4) is 33.4 Å². The highest BCUT2D eigenvalue weighted by Gasteiger charge is 2.35. The van der Waals surface area contributed by atoms with Gasteiger partial charge in [0.15, 0.2) is 5.60 Å². The zero-order chi connectivity index (χ0) is 55.7. The monoisotopic (exact) mass is 1090 g/mol. The van der Waals surface area contributed by atoms with Crippen molar-refractivity contribution >= 4 is 39.8 Å².